The van der Waals surface area contributed by atoms with Gasteiger partial charge in [0.15, 0.2) is 8.68 Å². The van der Waals surface area contributed by atoms with Gasteiger partial charge in [0.25, 0.3) is 0 Å². The normalized spacial score (nSPS) is 11.4. The number of unbranched alkanes of at least 4 members (excludes halogenated alkanes) is 1. The predicted molar refractivity (Wildman–Crippen MR) is 117 cm³/mol. The third-order valence-corrected chi connectivity index (χ3v) is 7.05. The maximum Gasteiger partial charge on any atom is 0.234 e. The zero-order valence-corrected chi connectivity index (χ0v) is 18.9. The first kappa shape index (κ1) is 22.0. The van der Waals surface area contributed by atoms with Crippen LogP contribution in [0.4, 0.5) is 5.69 Å². The van der Waals surface area contributed by atoms with Crippen molar-refractivity contribution in [3.05, 3.63) is 23.8 Å². The second-order valence-electron chi connectivity index (χ2n) is 7.04. The van der Waals surface area contributed by atoms with Crippen LogP contribution in [0.25, 0.3) is 0 Å². The van der Waals surface area contributed by atoms with Crippen LogP contribution >= 0.6 is 34.9 Å². The van der Waals surface area contributed by atoms with Crippen molar-refractivity contribution in [3.8, 4) is 5.75 Å². The summed E-state index contributed by atoms with van der Waals surface area (Å²) in [6.07, 6.45) is 2.35. The Morgan fingerprint density at radius 1 is 1.22 bits per heavy atom. The molecule has 2 rings (SSSR count). The Hall–Kier alpha value is -1.25. The van der Waals surface area contributed by atoms with E-state index in [1.165, 1.54) is 24.6 Å². The van der Waals surface area contributed by atoms with Gasteiger partial charge < -0.3 is 10.1 Å². The molecule has 1 aromatic heterocycles. The van der Waals surface area contributed by atoms with Crippen LogP contribution in [0.2, 0.25) is 0 Å². The van der Waals surface area contributed by atoms with Gasteiger partial charge in [-0.2, -0.15) is 0 Å². The summed E-state index contributed by atoms with van der Waals surface area (Å²) in [6, 6.07) is 5.91. The van der Waals surface area contributed by atoms with E-state index in [0.717, 1.165) is 20.0 Å². The van der Waals surface area contributed by atoms with E-state index in [4.69, 9.17) is 4.74 Å². The highest BCUT2D eigenvalue weighted by atomic mass is 32.2. The number of methoxy groups -OCH3 is 1. The van der Waals surface area contributed by atoms with Crippen LogP contribution in [0.15, 0.2) is 26.9 Å². The summed E-state index contributed by atoms with van der Waals surface area (Å²) in [5.74, 6) is 1.92. The number of benzene rings is 1. The van der Waals surface area contributed by atoms with E-state index < -0.39 is 0 Å². The standard InChI is InChI=1S/C19H27N3O2S3/c1-6-7-10-25-17-21-22-18(27-17)26-12-16(23)20-14-11-13(19(2,3)4)8-9-15(14)24-5/h8-9,11H,6-7,10,12H2,1-5H3,(H,20,23). The second kappa shape index (κ2) is 10.3. The molecular weight excluding hydrogens is 398 g/mol. The number of carbonyl (C=O) groups excluding carboxylic acids is 1. The summed E-state index contributed by atoms with van der Waals surface area (Å²) in [5, 5.41) is 11.3. The number of anilines is 1. The molecule has 1 N–H and O–H groups in total. The highest BCUT2D eigenvalue weighted by Crippen LogP contribution is 2.32. The topological polar surface area (TPSA) is 64.1 Å². The maximum absolute atomic E-state index is 12.4. The van der Waals surface area contributed by atoms with E-state index in [1.807, 2.05) is 18.2 Å². The SMILES string of the molecule is CCCCSc1nnc(SCC(=O)Nc2cc(C(C)(C)C)ccc2OC)s1. The smallest absolute Gasteiger partial charge is 0.234 e. The van der Waals surface area contributed by atoms with Gasteiger partial charge in [0.2, 0.25) is 5.91 Å². The Morgan fingerprint density at radius 3 is 2.56 bits per heavy atom. The average molecular weight is 426 g/mol. The van der Waals surface area contributed by atoms with Gasteiger partial charge in [-0.15, -0.1) is 10.2 Å². The summed E-state index contributed by atoms with van der Waals surface area (Å²) in [7, 11) is 1.61. The number of rotatable bonds is 9. The number of carbonyl (C=O) groups is 1. The first-order valence-corrected chi connectivity index (χ1v) is 11.7. The molecular formula is C19H27N3O2S3. The molecule has 0 atom stereocenters. The molecule has 0 aliphatic heterocycles. The van der Waals surface area contributed by atoms with E-state index in [-0.39, 0.29) is 17.1 Å². The molecule has 0 saturated carbocycles. The highest BCUT2D eigenvalue weighted by molar-refractivity contribution is 8.03. The van der Waals surface area contributed by atoms with Crippen LogP contribution in [0.3, 0.4) is 0 Å². The molecule has 8 heteroatoms. The zero-order chi connectivity index (χ0) is 19.9. The van der Waals surface area contributed by atoms with Crippen molar-refractivity contribution in [1.29, 1.82) is 0 Å². The van der Waals surface area contributed by atoms with Gasteiger partial charge in [0.1, 0.15) is 5.75 Å². The molecule has 0 bridgehead atoms. The van der Waals surface area contributed by atoms with Crippen LogP contribution in [-0.4, -0.2) is 34.7 Å². The number of nitrogens with zero attached hydrogens (tertiary/aromatic N) is 2. The lowest BCUT2D eigenvalue weighted by Gasteiger charge is -2.21. The minimum Gasteiger partial charge on any atom is -0.495 e. The van der Waals surface area contributed by atoms with E-state index in [0.29, 0.717) is 11.4 Å². The van der Waals surface area contributed by atoms with Crippen molar-refractivity contribution in [2.45, 2.75) is 54.6 Å². The first-order chi connectivity index (χ1) is 12.8. The summed E-state index contributed by atoms with van der Waals surface area (Å²) < 4.78 is 7.16. The monoisotopic (exact) mass is 425 g/mol. The average Bonchev–Trinajstić information content (AvgIpc) is 3.07. The molecule has 0 aliphatic carbocycles. The molecule has 0 radical (unpaired) electrons. The van der Waals surface area contributed by atoms with Crippen molar-refractivity contribution in [1.82, 2.24) is 10.2 Å². The second-order valence-corrected chi connectivity index (χ2v) is 10.6. The Kier molecular flexibility index (Phi) is 8.44. The van der Waals surface area contributed by atoms with Crippen molar-refractivity contribution >= 4 is 46.5 Å². The van der Waals surface area contributed by atoms with Crippen LogP contribution in [0, 0.1) is 0 Å². The van der Waals surface area contributed by atoms with Gasteiger partial charge in [0, 0.05) is 5.75 Å². The van der Waals surface area contributed by atoms with E-state index in [2.05, 4.69) is 43.2 Å². The molecule has 0 spiro atoms. The molecule has 148 valence electrons. The fraction of sp³-hybridized carbons (Fsp3) is 0.526. The molecule has 0 aliphatic rings. The summed E-state index contributed by atoms with van der Waals surface area (Å²) in [4.78, 5) is 12.4. The minimum atomic E-state index is -0.0836. The maximum atomic E-state index is 12.4. The van der Waals surface area contributed by atoms with Gasteiger partial charge in [-0.3, -0.25) is 4.79 Å². The molecule has 0 unspecified atom stereocenters. The van der Waals surface area contributed by atoms with Gasteiger partial charge >= 0.3 is 0 Å². The van der Waals surface area contributed by atoms with E-state index in [9.17, 15) is 4.79 Å². The Labute approximate surface area is 174 Å². The van der Waals surface area contributed by atoms with Gasteiger partial charge in [0.05, 0.1) is 18.6 Å². The minimum absolute atomic E-state index is 0.00109. The molecule has 0 fully saturated rings. The third kappa shape index (κ3) is 7.01. The number of amides is 1. The van der Waals surface area contributed by atoms with Crippen LogP contribution in [-0.2, 0) is 10.2 Å². The van der Waals surface area contributed by atoms with Crippen molar-refractivity contribution in [2.75, 3.05) is 23.9 Å². The van der Waals surface area contributed by atoms with E-state index in [1.54, 1.807) is 30.2 Å². The molecule has 2 aromatic rings. The van der Waals surface area contributed by atoms with Crippen molar-refractivity contribution in [2.24, 2.45) is 0 Å². The van der Waals surface area contributed by atoms with Crippen LogP contribution in [0.5, 0.6) is 5.75 Å². The lowest BCUT2D eigenvalue weighted by molar-refractivity contribution is -0.113. The number of hydrogen-bond donors (Lipinski definition) is 1. The lowest BCUT2D eigenvalue weighted by atomic mass is 9.87. The predicted octanol–water partition coefficient (Wildman–Crippen LogP) is 5.47. The molecule has 5 nitrogen and oxygen atoms in total. The van der Waals surface area contributed by atoms with Gasteiger partial charge in [-0.25, -0.2) is 0 Å². The fourth-order valence-electron chi connectivity index (χ4n) is 2.20. The summed E-state index contributed by atoms with van der Waals surface area (Å²) in [6.45, 7) is 8.60. The molecule has 1 amide bonds. The van der Waals surface area contributed by atoms with E-state index >= 15 is 0 Å². The number of thioether (sulfide) groups is 2. The Bertz CT molecular complexity index is 757. The summed E-state index contributed by atoms with van der Waals surface area (Å²) >= 11 is 4.68. The third-order valence-electron chi connectivity index (χ3n) is 3.78. The number of aromatic nitrogens is 2. The molecule has 27 heavy (non-hydrogen) atoms. The lowest BCUT2D eigenvalue weighted by Crippen LogP contribution is -2.16. The quantitative estimate of drug-likeness (QED) is 0.425. The van der Waals surface area contributed by atoms with Crippen molar-refractivity contribution < 1.29 is 9.53 Å². The zero-order valence-electron chi connectivity index (χ0n) is 16.5. The van der Waals surface area contributed by atoms with Crippen molar-refractivity contribution in [3.63, 3.8) is 0 Å². The largest absolute Gasteiger partial charge is 0.495 e. The summed E-state index contributed by atoms with van der Waals surface area (Å²) in [5.41, 5.74) is 1.84. The molecule has 1 heterocycles. The Morgan fingerprint density at radius 2 is 1.93 bits per heavy atom. The fourth-order valence-corrected chi connectivity index (χ4v) is 5.18. The van der Waals surface area contributed by atoms with Gasteiger partial charge in [-0.1, -0.05) is 75.0 Å². The first-order valence-electron chi connectivity index (χ1n) is 8.91. The molecule has 0 saturated heterocycles. The highest BCUT2D eigenvalue weighted by Gasteiger charge is 2.17. The van der Waals surface area contributed by atoms with Crippen LogP contribution < -0.4 is 10.1 Å². The molecule has 1 aromatic carbocycles. The number of hydrogen-bond acceptors (Lipinski definition) is 7. The Balaban J connectivity index is 1.94. The number of ether oxygens (including phenoxy) is 1. The van der Waals surface area contributed by atoms with Crippen LogP contribution in [0.1, 0.15) is 46.1 Å². The number of nitrogens with one attached hydrogen (secondary N) is 1. The van der Waals surface area contributed by atoms with Gasteiger partial charge in [-0.05, 0) is 29.5 Å².